The second-order valence-electron chi connectivity index (χ2n) is 5.95. The lowest BCUT2D eigenvalue weighted by Crippen LogP contribution is -2.27. The fourth-order valence-electron chi connectivity index (χ4n) is 2.06. The van der Waals surface area contributed by atoms with Crippen LogP contribution in [0.25, 0.3) is 0 Å². The van der Waals surface area contributed by atoms with Gasteiger partial charge >= 0.3 is 0 Å². The smallest absolute Gasteiger partial charge is 0.226 e. The number of thioether (sulfide) groups is 1. The number of carbonyl (C=O) groups excluding carboxylic acids is 1. The predicted molar refractivity (Wildman–Crippen MR) is 99.6 cm³/mol. The van der Waals surface area contributed by atoms with Crippen LogP contribution in [-0.4, -0.2) is 23.2 Å². The van der Waals surface area contributed by atoms with Gasteiger partial charge in [0.2, 0.25) is 5.91 Å². The van der Waals surface area contributed by atoms with Gasteiger partial charge in [0.25, 0.3) is 0 Å². The summed E-state index contributed by atoms with van der Waals surface area (Å²) in [6.45, 7) is 9.16. The lowest BCUT2D eigenvalue weighted by Gasteiger charge is -2.06. The number of thiazole rings is 1. The fourth-order valence-corrected chi connectivity index (χ4v) is 3.76. The molecule has 0 fully saturated rings. The summed E-state index contributed by atoms with van der Waals surface area (Å²) in [6.07, 6.45) is 0.373. The molecule has 0 aliphatic heterocycles. The van der Waals surface area contributed by atoms with Crippen LogP contribution in [0.2, 0.25) is 0 Å². The molecule has 0 unspecified atom stereocenters. The van der Waals surface area contributed by atoms with Gasteiger partial charge in [-0.1, -0.05) is 19.9 Å². The van der Waals surface area contributed by atoms with E-state index < -0.39 is 0 Å². The van der Waals surface area contributed by atoms with Gasteiger partial charge in [0, 0.05) is 28.5 Å². The Labute approximate surface area is 146 Å². The minimum atomic E-state index is 0.0475. The number of hydrogen-bond acceptors (Lipinski definition) is 4. The minimum absolute atomic E-state index is 0.0475. The highest BCUT2D eigenvalue weighted by Gasteiger charge is 2.09. The molecule has 0 saturated carbocycles. The third-order valence-corrected chi connectivity index (χ3v) is 5.77. The van der Waals surface area contributed by atoms with Crippen molar-refractivity contribution in [3.05, 3.63) is 45.4 Å². The number of hydrogen-bond donors (Lipinski definition) is 1. The lowest BCUT2D eigenvalue weighted by atomic mass is 10.1. The Morgan fingerprint density at radius 2 is 2.09 bits per heavy atom. The topological polar surface area (TPSA) is 42.0 Å². The molecular formula is C18H24N2OS2. The van der Waals surface area contributed by atoms with Crippen LogP contribution in [0.3, 0.4) is 0 Å². The third-order valence-electron chi connectivity index (χ3n) is 3.58. The van der Waals surface area contributed by atoms with Crippen molar-refractivity contribution in [3.63, 3.8) is 0 Å². The highest BCUT2D eigenvalue weighted by atomic mass is 32.2. The number of benzene rings is 1. The van der Waals surface area contributed by atoms with Crippen molar-refractivity contribution < 1.29 is 4.79 Å². The van der Waals surface area contributed by atoms with E-state index in [2.05, 4.69) is 56.2 Å². The zero-order valence-corrected chi connectivity index (χ0v) is 15.8. The molecule has 1 N–H and O–H groups in total. The van der Waals surface area contributed by atoms with E-state index >= 15 is 0 Å². The first-order valence-corrected chi connectivity index (χ1v) is 9.73. The van der Waals surface area contributed by atoms with Crippen LogP contribution in [0.1, 0.15) is 41.6 Å². The van der Waals surface area contributed by atoms with Crippen molar-refractivity contribution in [2.24, 2.45) is 0 Å². The van der Waals surface area contributed by atoms with E-state index in [-0.39, 0.29) is 5.91 Å². The SMILES string of the molecule is Cc1ccc(SCCNC(=O)Cc2csc(C(C)C)n2)cc1C. The molecule has 0 aliphatic carbocycles. The normalized spacial score (nSPS) is 11.0. The number of rotatable bonds is 7. The molecule has 0 saturated heterocycles. The average Bonchev–Trinajstić information content (AvgIpc) is 2.96. The van der Waals surface area contributed by atoms with E-state index in [1.165, 1.54) is 16.0 Å². The maximum absolute atomic E-state index is 11.9. The molecule has 1 heterocycles. The standard InChI is InChI=1S/C18H24N2OS2/c1-12(2)18-20-15(11-23-18)10-17(21)19-7-8-22-16-6-5-13(3)14(4)9-16/h5-6,9,11-12H,7-8,10H2,1-4H3,(H,19,21). The van der Waals surface area contributed by atoms with Crippen LogP contribution in [-0.2, 0) is 11.2 Å². The largest absolute Gasteiger partial charge is 0.355 e. The third kappa shape index (κ3) is 5.66. The van der Waals surface area contributed by atoms with Crippen LogP contribution in [0, 0.1) is 13.8 Å². The van der Waals surface area contributed by atoms with E-state index in [4.69, 9.17) is 0 Å². The number of carbonyl (C=O) groups is 1. The molecule has 0 bridgehead atoms. The Bertz CT molecular complexity index is 665. The first kappa shape index (κ1) is 18.0. The summed E-state index contributed by atoms with van der Waals surface area (Å²) in [5.41, 5.74) is 3.49. The summed E-state index contributed by atoms with van der Waals surface area (Å²) >= 11 is 3.40. The van der Waals surface area contributed by atoms with E-state index in [1.807, 2.05) is 5.38 Å². The van der Waals surface area contributed by atoms with Crippen molar-refractivity contribution in [1.82, 2.24) is 10.3 Å². The summed E-state index contributed by atoms with van der Waals surface area (Å²) in [5.74, 6) is 1.35. The zero-order valence-electron chi connectivity index (χ0n) is 14.2. The lowest BCUT2D eigenvalue weighted by molar-refractivity contribution is -0.120. The Hall–Kier alpha value is -1.33. The van der Waals surface area contributed by atoms with Gasteiger partial charge in [-0.2, -0.15) is 0 Å². The zero-order chi connectivity index (χ0) is 16.8. The Morgan fingerprint density at radius 3 is 2.74 bits per heavy atom. The van der Waals surface area contributed by atoms with Crippen LogP contribution in [0.5, 0.6) is 0 Å². The van der Waals surface area contributed by atoms with Gasteiger partial charge in [-0.05, 0) is 37.1 Å². The first-order chi connectivity index (χ1) is 11.0. The first-order valence-electron chi connectivity index (χ1n) is 7.86. The maximum atomic E-state index is 11.9. The van der Waals surface area contributed by atoms with Gasteiger partial charge < -0.3 is 5.32 Å². The highest BCUT2D eigenvalue weighted by molar-refractivity contribution is 7.99. The Kier molecular flexibility index (Phi) is 6.66. The van der Waals surface area contributed by atoms with Crippen LogP contribution < -0.4 is 5.32 Å². The van der Waals surface area contributed by atoms with Crippen molar-refractivity contribution in [2.45, 2.75) is 44.9 Å². The number of amides is 1. The predicted octanol–water partition coefficient (Wildman–Crippen LogP) is 4.33. The van der Waals surface area contributed by atoms with Gasteiger partial charge in [0.05, 0.1) is 17.1 Å². The van der Waals surface area contributed by atoms with E-state index in [0.29, 0.717) is 18.9 Å². The highest BCUT2D eigenvalue weighted by Crippen LogP contribution is 2.21. The van der Waals surface area contributed by atoms with Crippen molar-refractivity contribution in [3.8, 4) is 0 Å². The summed E-state index contributed by atoms with van der Waals surface area (Å²) in [5, 5.41) is 6.05. The van der Waals surface area contributed by atoms with E-state index in [1.54, 1.807) is 23.1 Å². The van der Waals surface area contributed by atoms with Crippen molar-refractivity contribution >= 4 is 29.0 Å². The van der Waals surface area contributed by atoms with Gasteiger partial charge in [0.15, 0.2) is 0 Å². The Morgan fingerprint density at radius 1 is 1.30 bits per heavy atom. The average molecular weight is 349 g/mol. The molecule has 0 spiro atoms. The molecule has 0 radical (unpaired) electrons. The number of nitrogens with zero attached hydrogens (tertiary/aromatic N) is 1. The van der Waals surface area contributed by atoms with Gasteiger partial charge in [0.1, 0.15) is 0 Å². The number of aryl methyl sites for hydroxylation is 2. The fraction of sp³-hybridized carbons (Fsp3) is 0.444. The molecular weight excluding hydrogens is 324 g/mol. The monoisotopic (exact) mass is 348 g/mol. The molecule has 2 rings (SSSR count). The van der Waals surface area contributed by atoms with Crippen molar-refractivity contribution in [2.75, 3.05) is 12.3 Å². The summed E-state index contributed by atoms with van der Waals surface area (Å²) in [4.78, 5) is 17.7. The quantitative estimate of drug-likeness (QED) is 0.598. The molecule has 0 aliphatic rings. The molecule has 1 amide bonds. The van der Waals surface area contributed by atoms with E-state index in [9.17, 15) is 4.79 Å². The van der Waals surface area contributed by atoms with Crippen LogP contribution in [0.4, 0.5) is 0 Å². The molecule has 1 aromatic heterocycles. The number of nitrogens with one attached hydrogen (secondary N) is 1. The molecule has 0 atom stereocenters. The molecule has 124 valence electrons. The molecule has 23 heavy (non-hydrogen) atoms. The van der Waals surface area contributed by atoms with Gasteiger partial charge in [-0.3, -0.25) is 4.79 Å². The second-order valence-corrected chi connectivity index (χ2v) is 8.01. The molecule has 5 heteroatoms. The molecule has 1 aromatic carbocycles. The molecule has 2 aromatic rings. The summed E-state index contributed by atoms with van der Waals surface area (Å²) in [7, 11) is 0. The minimum Gasteiger partial charge on any atom is -0.355 e. The van der Waals surface area contributed by atoms with Crippen LogP contribution in [0.15, 0.2) is 28.5 Å². The summed E-state index contributed by atoms with van der Waals surface area (Å²) < 4.78 is 0. The van der Waals surface area contributed by atoms with Gasteiger partial charge in [-0.25, -0.2) is 4.98 Å². The second kappa shape index (κ2) is 8.50. The number of aromatic nitrogens is 1. The van der Waals surface area contributed by atoms with Gasteiger partial charge in [-0.15, -0.1) is 23.1 Å². The summed E-state index contributed by atoms with van der Waals surface area (Å²) in [6, 6.07) is 6.48. The maximum Gasteiger partial charge on any atom is 0.226 e. The van der Waals surface area contributed by atoms with Crippen LogP contribution >= 0.6 is 23.1 Å². The molecule has 3 nitrogen and oxygen atoms in total. The van der Waals surface area contributed by atoms with E-state index in [0.717, 1.165) is 16.5 Å². The Balaban J connectivity index is 1.71. The van der Waals surface area contributed by atoms with Crippen molar-refractivity contribution in [1.29, 1.82) is 0 Å².